The van der Waals surface area contributed by atoms with Crippen molar-refractivity contribution in [3.05, 3.63) is 22.4 Å². The average molecular weight is 317 g/mol. The van der Waals surface area contributed by atoms with Gasteiger partial charge in [-0.3, -0.25) is 4.79 Å². The largest absolute Gasteiger partial charge is 0.480 e. The number of amides is 1. The molecule has 1 rings (SSSR count). The quantitative estimate of drug-likeness (QED) is 0.845. The number of halogens is 1. The van der Waals surface area contributed by atoms with Gasteiger partial charge in [0.15, 0.2) is 0 Å². The number of aliphatic carboxylic acids is 1. The van der Waals surface area contributed by atoms with Gasteiger partial charge in [0.1, 0.15) is 11.7 Å². The van der Waals surface area contributed by atoms with Gasteiger partial charge in [-0.25, -0.2) is 4.79 Å². The van der Waals surface area contributed by atoms with Crippen LogP contribution in [0.2, 0.25) is 0 Å². The van der Waals surface area contributed by atoms with Gasteiger partial charge in [-0.15, -0.1) is 0 Å². The first-order chi connectivity index (χ1) is 8.49. The molecule has 0 saturated carbocycles. The summed E-state index contributed by atoms with van der Waals surface area (Å²) in [6, 6.07) is 0.852. The van der Waals surface area contributed by atoms with E-state index >= 15 is 0 Å². The van der Waals surface area contributed by atoms with Crippen molar-refractivity contribution in [1.82, 2.24) is 9.88 Å². The number of carboxylic acid groups (broad SMARTS) is 1. The average Bonchev–Trinajstić information content (AvgIpc) is 2.69. The number of aromatic nitrogens is 1. The zero-order chi connectivity index (χ0) is 13.7. The molecule has 0 spiro atoms. The van der Waals surface area contributed by atoms with Gasteiger partial charge in [0.2, 0.25) is 0 Å². The molecule has 1 amide bonds. The highest BCUT2D eigenvalue weighted by Crippen LogP contribution is 2.15. The Morgan fingerprint density at radius 1 is 1.50 bits per heavy atom. The van der Waals surface area contributed by atoms with Gasteiger partial charge in [-0.05, 0) is 35.3 Å². The summed E-state index contributed by atoms with van der Waals surface area (Å²) in [5, 5.41) is 11.5. The van der Waals surface area contributed by atoms with Crippen LogP contribution in [0.15, 0.2) is 16.7 Å². The minimum atomic E-state index is -1.00. The number of hydrogen-bond donors (Lipinski definition) is 2. The second-order valence-corrected chi connectivity index (χ2v) is 4.90. The molecule has 5 nitrogen and oxygen atoms in total. The Bertz CT molecular complexity index is 443. The van der Waals surface area contributed by atoms with E-state index in [0.717, 1.165) is 4.47 Å². The summed E-state index contributed by atoms with van der Waals surface area (Å²) in [4.78, 5) is 23.0. The molecular formula is C12H17BrN2O3. The van der Waals surface area contributed by atoms with E-state index < -0.39 is 12.0 Å². The van der Waals surface area contributed by atoms with Crippen LogP contribution in [-0.4, -0.2) is 27.6 Å². The molecule has 0 bridgehead atoms. The molecule has 1 atom stereocenters. The second-order valence-electron chi connectivity index (χ2n) is 3.98. The topological polar surface area (TPSA) is 71.3 Å². The number of carbonyl (C=O) groups excluding carboxylic acids is 1. The Hall–Kier alpha value is -1.30. The van der Waals surface area contributed by atoms with Gasteiger partial charge in [0.05, 0.1) is 0 Å². The zero-order valence-electron chi connectivity index (χ0n) is 10.4. The van der Waals surface area contributed by atoms with Crippen LogP contribution >= 0.6 is 15.9 Å². The highest BCUT2D eigenvalue weighted by Gasteiger charge is 2.21. The van der Waals surface area contributed by atoms with Gasteiger partial charge < -0.3 is 15.0 Å². The molecule has 2 N–H and O–H groups in total. The van der Waals surface area contributed by atoms with Crippen molar-refractivity contribution in [3.8, 4) is 0 Å². The molecule has 1 heterocycles. The number of carboxylic acids is 1. The van der Waals surface area contributed by atoms with Crippen LogP contribution < -0.4 is 5.32 Å². The first kappa shape index (κ1) is 14.8. The van der Waals surface area contributed by atoms with Crippen LogP contribution in [-0.2, 0) is 11.3 Å². The minimum Gasteiger partial charge on any atom is -0.480 e. The van der Waals surface area contributed by atoms with Crippen LogP contribution in [0.25, 0.3) is 0 Å². The fraction of sp³-hybridized carbons (Fsp3) is 0.500. The summed E-state index contributed by atoms with van der Waals surface area (Å²) in [5.74, 6) is -1.36. The van der Waals surface area contributed by atoms with Gasteiger partial charge in [-0.1, -0.05) is 13.3 Å². The number of carbonyl (C=O) groups is 2. The predicted octanol–water partition coefficient (Wildman–Crippen LogP) is 2.25. The molecule has 0 radical (unpaired) electrons. The highest BCUT2D eigenvalue weighted by molar-refractivity contribution is 9.10. The van der Waals surface area contributed by atoms with Gasteiger partial charge in [0.25, 0.3) is 5.91 Å². The monoisotopic (exact) mass is 316 g/mol. The summed E-state index contributed by atoms with van der Waals surface area (Å²) in [5.41, 5.74) is 0.465. The van der Waals surface area contributed by atoms with E-state index in [9.17, 15) is 9.59 Å². The maximum Gasteiger partial charge on any atom is 0.326 e. The smallest absolute Gasteiger partial charge is 0.326 e. The van der Waals surface area contributed by atoms with E-state index in [1.165, 1.54) is 0 Å². The Kier molecular flexibility index (Phi) is 5.40. The number of hydrogen-bond acceptors (Lipinski definition) is 2. The van der Waals surface area contributed by atoms with E-state index in [0.29, 0.717) is 25.1 Å². The Labute approximate surface area is 114 Å². The molecule has 18 heavy (non-hydrogen) atoms. The summed E-state index contributed by atoms with van der Waals surface area (Å²) in [7, 11) is 0. The number of aryl methyl sites for hydroxylation is 1. The van der Waals surface area contributed by atoms with E-state index in [-0.39, 0.29) is 5.91 Å². The molecule has 6 heteroatoms. The Balaban J connectivity index is 2.83. The lowest BCUT2D eigenvalue weighted by Crippen LogP contribution is -2.41. The maximum atomic E-state index is 12.0. The van der Waals surface area contributed by atoms with Gasteiger partial charge in [0, 0.05) is 17.2 Å². The molecule has 0 aromatic carbocycles. The predicted molar refractivity (Wildman–Crippen MR) is 71.6 cm³/mol. The molecule has 1 aromatic rings. The maximum absolute atomic E-state index is 12.0. The molecular weight excluding hydrogens is 300 g/mol. The third kappa shape index (κ3) is 3.60. The van der Waals surface area contributed by atoms with E-state index in [1.54, 1.807) is 16.8 Å². The van der Waals surface area contributed by atoms with Crippen molar-refractivity contribution < 1.29 is 14.7 Å². The summed E-state index contributed by atoms with van der Waals surface area (Å²) in [6.45, 7) is 4.46. The van der Waals surface area contributed by atoms with Crippen molar-refractivity contribution in [2.45, 2.75) is 39.3 Å². The summed E-state index contributed by atoms with van der Waals surface area (Å²) >= 11 is 3.30. The van der Waals surface area contributed by atoms with E-state index in [4.69, 9.17) is 5.11 Å². The van der Waals surface area contributed by atoms with E-state index in [2.05, 4.69) is 21.2 Å². The molecule has 0 aliphatic carbocycles. The highest BCUT2D eigenvalue weighted by atomic mass is 79.9. The van der Waals surface area contributed by atoms with Crippen LogP contribution in [0.1, 0.15) is 37.2 Å². The first-order valence-corrected chi connectivity index (χ1v) is 6.68. The lowest BCUT2D eigenvalue weighted by Gasteiger charge is -2.14. The van der Waals surface area contributed by atoms with Gasteiger partial charge >= 0.3 is 5.97 Å². The SMILES string of the molecule is CCCC(NC(=O)c1cc(Br)cn1CC)C(=O)O. The summed E-state index contributed by atoms with van der Waals surface area (Å²) < 4.78 is 2.57. The second kappa shape index (κ2) is 6.58. The molecule has 0 aliphatic rings. The fourth-order valence-corrected chi connectivity index (χ4v) is 2.17. The minimum absolute atomic E-state index is 0.358. The molecule has 0 fully saturated rings. The normalized spacial score (nSPS) is 12.2. The molecule has 0 aliphatic heterocycles. The molecule has 1 unspecified atom stereocenters. The third-order valence-corrected chi connectivity index (χ3v) is 3.05. The fourth-order valence-electron chi connectivity index (χ4n) is 1.71. The van der Waals surface area contributed by atoms with Crippen LogP contribution in [0, 0.1) is 0 Å². The van der Waals surface area contributed by atoms with Crippen molar-refractivity contribution in [2.24, 2.45) is 0 Å². The number of nitrogens with zero attached hydrogens (tertiary/aromatic N) is 1. The summed E-state index contributed by atoms with van der Waals surface area (Å²) in [6.07, 6.45) is 2.93. The van der Waals surface area contributed by atoms with Crippen molar-refractivity contribution >= 4 is 27.8 Å². The molecule has 1 aromatic heterocycles. The Morgan fingerprint density at radius 2 is 2.17 bits per heavy atom. The van der Waals surface area contributed by atoms with Crippen molar-refractivity contribution in [3.63, 3.8) is 0 Å². The Morgan fingerprint density at radius 3 is 2.67 bits per heavy atom. The van der Waals surface area contributed by atoms with Crippen LogP contribution in [0.3, 0.4) is 0 Å². The standard InChI is InChI=1S/C12H17BrN2O3/c1-3-5-9(12(17)18)14-11(16)10-6-8(13)7-15(10)4-2/h6-7,9H,3-5H2,1-2H3,(H,14,16)(H,17,18). The van der Waals surface area contributed by atoms with Crippen molar-refractivity contribution in [2.75, 3.05) is 0 Å². The third-order valence-electron chi connectivity index (χ3n) is 2.62. The van der Waals surface area contributed by atoms with E-state index in [1.807, 2.05) is 13.8 Å². The van der Waals surface area contributed by atoms with Crippen LogP contribution in [0.4, 0.5) is 0 Å². The zero-order valence-corrected chi connectivity index (χ0v) is 12.0. The van der Waals surface area contributed by atoms with Gasteiger partial charge in [-0.2, -0.15) is 0 Å². The number of rotatable bonds is 6. The molecule has 100 valence electrons. The lowest BCUT2D eigenvalue weighted by molar-refractivity contribution is -0.139. The first-order valence-electron chi connectivity index (χ1n) is 5.88. The number of nitrogens with one attached hydrogen (secondary N) is 1. The van der Waals surface area contributed by atoms with Crippen LogP contribution in [0.5, 0.6) is 0 Å². The van der Waals surface area contributed by atoms with Crippen molar-refractivity contribution in [1.29, 1.82) is 0 Å². The lowest BCUT2D eigenvalue weighted by atomic mass is 10.1. The molecule has 0 saturated heterocycles.